The van der Waals surface area contributed by atoms with E-state index in [1.54, 1.807) is 23.1 Å². The highest BCUT2D eigenvalue weighted by atomic mass is 35.5. The van der Waals surface area contributed by atoms with E-state index in [0.29, 0.717) is 5.69 Å². The second-order valence-electron chi connectivity index (χ2n) is 7.47. The molecule has 0 bridgehead atoms. The zero-order valence-corrected chi connectivity index (χ0v) is 18.2. The van der Waals surface area contributed by atoms with Crippen molar-refractivity contribution in [3.05, 3.63) is 88.4 Å². The zero-order valence-electron chi connectivity index (χ0n) is 16.6. The molecule has 0 spiro atoms. The SMILES string of the molecule is Cc1ccc(NS(=O)(=O)c2cc(C(=O)N3c4ccccc4C[C@@H]3C)ccc2Cl)cc1. The summed E-state index contributed by atoms with van der Waals surface area (Å²) in [6, 6.07) is 19.1. The first-order valence-corrected chi connectivity index (χ1v) is 11.4. The molecule has 0 unspecified atom stereocenters. The third-order valence-corrected chi connectivity index (χ3v) is 7.06. The van der Waals surface area contributed by atoms with E-state index in [-0.39, 0.29) is 27.4 Å². The average molecular weight is 441 g/mol. The van der Waals surface area contributed by atoms with Crippen molar-refractivity contribution >= 4 is 38.9 Å². The molecule has 4 rings (SSSR count). The molecule has 3 aromatic rings. The number of hydrogen-bond acceptors (Lipinski definition) is 3. The molecule has 1 aliphatic heterocycles. The Hall–Kier alpha value is -2.83. The molecule has 3 aromatic carbocycles. The Labute approximate surface area is 181 Å². The van der Waals surface area contributed by atoms with E-state index in [2.05, 4.69) is 4.72 Å². The minimum absolute atomic E-state index is 0.0173. The van der Waals surface area contributed by atoms with Crippen molar-refractivity contribution in [2.75, 3.05) is 9.62 Å². The molecule has 1 aliphatic rings. The smallest absolute Gasteiger partial charge is 0.263 e. The van der Waals surface area contributed by atoms with Gasteiger partial charge in [-0.1, -0.05) is 47.5 Å². The summed E-state index contributed by atoms with van der Waals surface area (Å²) in [6.07, 6.45) is 0.760. The molecule has 0 aromatic heterocycles. The predicted molar refractivity (Wildman–Crippen MR) is 120 cm³/mol. The van der Waals surface area contributed by atoms with E-state index in [9.17, 15) is 13.2 Å². The first-order chi connectivity index (χ1) is 14.3. The normalized spacial score (nSPS) is 15.7. The Kier molecular flexibility index (Phi) is 5.30. The third kappa shape index (κ3) is 3.80. The molecular weight excluding hydrogens is 420 g/mol. The Morgan fingerprint density at radius 3 is 2.50 bits per heavy atom. The number of hydrogen-bond donors (Lipinski definition) is 1. The number of fused-ring (bicyclic) bond motifs is 1. The summed E-state index contributed by atoms with van der Waals surface area (Å²) in [4.78, 5) is 14.9. The Morgan fingerprint density at radius 1 is 1.07 bits per heavy atom. The van der Waals surface area contributed by atoms with Crippen molar-refractivity contribution in [2.24, 2.45) is 0 Å². The van der Waals surface area contributed by atoms with Crippen molar-refractivity contribution in [2.45, 2.75) is 31.2 Å². The Balaban J connectivity index is 1.68. The number of aryl methyl sites for hydroxylation is 1. The fourth-order valence-electron chi connectivity index (χ4n) is 3.69. The van der Waals surface area contributed by atoms with Crippen molar-refractivity contribution in [3.8, 4) is 0 Å². The van der Waals surface area contributed by atoms with Gasteiger partial charge in [-0.25, -0.2) is 8.42 Å². The van der Waals surface area contributed by atoms with Gasteiger partial charge >= 0.3 is 0 Å². The number of halogens is 1. The number of benzene rings is 3. The van der Waals surface area contributed by atoms with E-state index in [1.165, 1.54) is 12.1 Å². The molecule has 0 fully saturated rings. The van der Waals surface area contributed by atoms with E-state index in [1.807, 2.05) is 50.2 Å². The maximum Gasteiger partial charge on any atom is 0.263 e. The highest BCUT2D eigenvalue weighted by Crippen LogP contribution is 2.34. The number of anilines is 2. The second-order valence-corrected chi connectivity index (χ2v) is 9.53. The summed E-state index contributed by atoms with van der Waals surface area (Å²) in [6.45, 7) is 3.89. The van der Waals surface area contributed by atoms with Gasteiger partial charge in [0.1, 0.15) is 4.90 Å². The monoisotopic (exact) mass is 440 g/mol. The van der Waals surface area contributed by atoms with Gasteiger partial charge in [-0.05, 0) is 62.2 Å². The fourth-order valence-corrected chi connectivity index (χ4v) is 5.27. The van der Waals surface area contributed by atoms with E-state index < -0.39 is 10.0 Å². The summed E-state index contributed by atoms with van der Waals surface area (Å²) < 4.78 is 28.4. The maximum absolute atomic E-state index is 13.3. The molecule has 0 radical (unpaired) electrons. The molecule has 0 saturated carbocycles. The lowest BCUT2D eigenvalue weighted by molar-refractivity contribution is 0.0981. The van der Waals surface area contributed by atoms with Crippen LogP contribution in [0, 0.1) is 6.92 Å². The van der Waals surface area contributed by atoms with Crippen LogP contribution in [0.15, 0.2) is 71.6 Å². The minimum Gasteiger partial charge on any atom is -0.305 e. The van der Waals surface area contributed by atoms with Crippen molar-refractivity contribution in [1.29, 1.82) is 0 Å². The largest absolute Gasteiger partial charge is 0.305 e. The summed E-state index contributed by atoms with van der Waals surface area (Å²) in [5.41, 5.74) is 3.67. The molecule has 5 nitrogen and oxygen atoms in total. The number of rotatable bonds is 4. The van der Waals surface area contributed by atoms with Gasteiger partial charge in [-0.15, -0.1) is 0 Å². The molecular formula is C23H21ClN2O3S. The molecule has 154 valence electrons. The molecule has 30 heavy (non-hydrogen) atoms. The molecule has 1 amide bonds. The van der Waals surface area contributed by atoms with Gasteiger partial charge in [0.25, 0.3) is 15.9 Å². The first-order valence-electron chi connectivity index (χ1n) is 9.57. The second kappa shape index (κ2) is 7.78. The summed E-state index contributed by atoms with van der Waals surface area (Å²) in [7, 11) is -3.96. The van der Waals surface area contributed by atoms with Crippen LogP contribution in [-0.4, -0.2) is 20.4 Å². The molecule has 0 aliphatic carbocycles. The lowest BCUT2D eigenvalue weighted by Gasteiger charge is -2.23. The minimum atomic E-state index is -3.96. The van der Waals surface area contributed by atoms with Gasteiger partial charge in [-0.2, -0.15) is 0 Å². The van der Waals surface area contributed by atoms with Crippen LogP contribution in [0.4, 0.5) is 11.4 Å². The third-order valence-electron chi connectivity index (χ3n) is 5.20. The van der Waals surface area contributed by atoms with Gasteiger partial charge in [0.2, 0.25) is 0 Å². The first kappa shape index (κ1) is 20.4. The quantitative estimate of drug-likeness (QED) is 0.618. The topological polar surface area (TPSA) is 66.5 Å². The Bertz CT molecular complexity index is 1220. The lowest BCUT2D eigenvalue weighted by atomic mass is 10.1. The van der Waals surface area contributed by atoms with Crippen molar-refractivity contribution in [3.63, 3.8) is 0 Å². The summed E-state index contributed by atoms with van der Waals surface area (Å²) in [5, 5.41) is 0.0565. The molecule has 1 N–H and O–H groups in total. The lowest BCUT2D eigenvalue weighted by Crippen LogP contribution is -2.35. The number of para-hydroxylation sites is 1. The average Bonchev–Trinajstić information content (AvgIpc) is 3.05. The van der Waals surface area contributed by atoms with Gasteiger partial charge in [-0.3, -0.25) is 9.52 Å². The predicted octanol–water partition coefficient (Wildman–Crippen LogP) is 5.04. The molecule has 0 saturated heterocycles. The van der Waals surface area contributed by atoms with E-state index in [0.717, 1.165) is 23.2 Å². The maximum atomic E-state index is 13.3. The number of nitrogens with one attached hydrogen (secondary N) is 1. The van der Waals surface area contributed by atoms with E-state index >= 15 is 0 Å². The van der Waals surface area contributed by atoms with Gasteiger partial charge in [0, 0.05) is 23.0 Å². The van der Waals surface area contributed by atoms with Crippen LogP contribution in [0.3, 0.4) is 0 Å². The molecule has 7 heteroatoms. The van der Waals surface area contributed by atoms with Crippen LogP contribution in [0.25, 0.3) is 0 Å². The van der Waals surface area contributed by atoms with Gasteiger partial charge < -0.3 is 4.90 Å². The number of carbonyl (C=O) groups excluding carboxylic acids is 1. The van der Waals surface area contributed by atoms with Crippen LogP contribution in [0.5, 0.6) is 0 Å². The highest BCUT2D eigenvalue weighted by molar-refractivity contribution is 7.92. The van der Waals surface area contributed by atoms with Crippen LogP contribution in [0.2, 0.25) is 5.02 Å². The van der Waals surface area contributed by atoms with Crippen LogP contribution < -0.4 is 9.62 Å². The van der Waals surface area contributed by atoms with Gasteiger partial charge in [0.05, 0.1) is 5.02 Å². The van der Waals surface area contributed by atoms with Crippen LogP contribution in [0.1, 0.15) is 28.4 Å². The molecule has 1 heterocycles. The van der Waals surface area contributed by atoms with E-state index in [4.69, 9.17) is 11.6 Å². The van der Waals surface area contributed by atoms with Crippen molar-refractivity contribution < 1.29 is 13.2 Å². The number of amides is 1. The van der Waals surface area contributed by atoms with Crippen LogP contribution in [-0.2, 0) is 16.4 Å². The number of nitrogens with zero attached hydrogens (tertiary/aromatic N) is 1. The van der Waals surface area contributed by atoms with Crippen molar-refractivity contribution in [1.82, 2.24) is 0 Å². The Morgan fingerprint density at radius 2 is 1.77 bits per heavy atom. The summed E-state index contributed by atoms with van der Waals surface area (Å²) in [5.74, 6) is -0.254. The number of carbonyl (C=O) groups is 1. The standard InChI is InChI=1S/C23H21ClN2O3S/c1-15-7-10-19(11-8-15)25-30(28,29)22-14-18(9-12-20(22)24)23(27)26-16(2)13-17-5-3-4-6-21(17)26/h3-12,14,16,25H,13H2,1-2H3/t16-/m0/s1. The summed E-state index contributed by atoms with van der Waals surface area (Å²) >= 11 is 6.20. The highest BCUT2D eigenvalue weighted by Gasteiger charge is 2.32. The van der Waals surface area contributed by atoms with Gasteiger partial charge in [0.15, 0.2) is 0 Å². The zero-order chi connectivity index (χ0) is 21.5. The molecule has 1 atom stereocenters. The number of sulfonamides is 1. The fraction of sp³-hybridized carbons (Fsp3) is 0.174. The van der Waals surface area contributed by atoms with Crippen LogP contribution >= 0.6 is 11.6 Å².